The Kier molecular flexibility index (Phi) is 5.35. The summed E-state index contributed by atoms with van der Waals surface area (Å²) in [5.74, 6) is 0.503. The average molecular weight is 320 g/mol. The molecule has 0 aliphatic rings. The Morgan fingerprint density at radius 1 is 1.27 bits per heavy atom. The maximum absolute atomic E-state index is 12.0. The largest absolute Gasteiger partial charge is 0.387 e. The molecular formula is C16H18ClN3O2. The number of amides is 1. The minimum atomic E-state index is -0.782. The summed E-state index contributed by atoms with van der Waals surface area (Å²) in [6.45, 7) is 0.121. The number of carbonyl (C=O) groups is 1. The number of benzene rings is 1. The van der Waals surface area contributed by atoms with E-state index in [9.17, 15) is 9.90 Å². The van der Waals surface area contributed by atoms with Gasteiger partial charge >= 0.3 is 0 Å². The summed E-state index contributed by atoms with van der Waals surface area (Å²) in [6, 6.07) is 10.3. The van der Waals surface area contributed by atoms with E-state index in [1.165, 1.54) is 6.20 Å². The maximum Gasteiger partial charge on any atom is 0.252 e. The van der Waals surface area contributed by atoms with Crippen molar-refractivity contribution in [1.29, 1.82) is 0 Å². The number of halogens is 1. The second-order valence-electron chi connectivity index (χ2n) is 5.08. The van der Waals surface area contributed by atoms with Gasteiger partial charge in [-0.05, 0) is 29.8 Å². The van der Waals surface area contributed by atoms with Crippen LogP contribution in [0.3, 0.4) is 0 Å². The van der Waals surface area contributed by atoms with Gasteiger partial charge in [0.05, 0.1) is 11.7 Å². The third-order valence-corrected chi connectivity index (χ3v) is 3.43. The van der Waals surface area contributed by atoms with E-state index in [4.69, 9.17) is 11.6 Å². The second kappa shape index (κ2) is 7.24. The van der Waals surface area contributed by atoms with Crippen LogP contribution in [0.1, 0.15) is 22.0 Å². The predicted octanol–water partition coefficient (Wildman–Crippen LogP) is 2.26. The summed E-state index contributed by atoms with van der Waals surface area (Å²) in [5.41, 5.74) is 1.15. The van der Waals surface area contributed by atoms with Crippen molar-refractivity contribution in [2.45, 2.75) is 6.10 Å². The van der Waals surface area contributed by atoms with Crippen LogP contribution < -0.4 is 10.2 Å². The van der Waals surface area contributed by atoms with E-state index < -0.39 is 6.10 Å². The molecule has 6 heteroatoms. The van der Waals surface area contributed by atoms with Gasteiger partial charge in [-0.1, -0.05) is 23.7 Å². The standard InChI is InChI=1S/C16H18ClN3O2/c1-20(2)15-8-5-12(9-18-15)16(22)19-10-14(21)11-3-6-13(17)7-4-11/h3-9,14,21H,10H2,1-2H3,(H,19,22). The van der Waals surface area contributed by atoms with Crippen molar-refractivity contribution in [3.8, 4) is 0 Å². The molecule has 1 heterocycles. The van der Waals surface area contributed by atoms with Crippen LogP contribution in [0.4, 0.5) is 5.82 Å². The van der Waals surface area contributed by atoms with Gasteiger partial charge in [-0.25, -0.2) is 4.98 Å². The lowest BCUT2D eigenvalue weighted by molar-refractivity contribution is 0.0916. The smallest absolute Gasteiger partial charge is 0.252 e. The van der Waals surface area contributed by atoms with E-state index in [1.807, 2.05) is 19.0 Å². The van der Waals surface area contributed by atoms with Crippen molar-refractivity contribution in [3.63, 3.8) is 0 Å². The highest BCUT2D eigenvalue weighted by atomic mass is 35.5. The van der Waals surface area contributed by atoms with Gasteiger partial charge in [-0.15, -0.1) is 0 Å². The highest BCUT2D eigenvalue weighted by Crippen LogP contribution is 2.16. The van der Waals surface area contributed by atoms with Crippen LogP contribution in [0.2, 0.25) is 5.02 Å². The number of anilines is 1. The van der Waals surface area contributed by atoms with E-state index in [2.05, 4.69) is 10.3 Å². The number of nitrogens with one attached hydrogen (secondary N) is 1. The van der Waals surface area contributed by atoms with E-state index in [-0.39, 0.29) is 12.5 Å². The number of rotatable bonds is 5. The molecule has 22 heavy (non-hydrogen) atoms. The monoisotopic (exact) mass is 319 g/mol. The zero-order chi connectivity index (χ0) is 16.1. The number of aliphatic hydroxyl groups is 1. The number of aliphatic hydroxyl groups excluding tert-OH is 1. The summed E-state index contributed by atoms with van der Waals surface area (Å²) in [5, 5.41) is 13.3. The van der Waals surface area contributed by atoms with Gasteiger partial charge in [-0.2, -0.15) is 0 Å². The number of carbonyl (C=O) groups excluding carboxylic acids is 1. The van der Waals surface area contributed by atoms with Gasteiger partial charge in [0.2, 0.25) is 0 Å². The van der Waals surface area contributed by atoms with Crippen LogP contribution in [0, 0.1) is 0 Å². The first-order chi connectivity index (χ1) is 10.5. The van der Waals surface area contributed by atoms with Gasteiger partial charge in [0.15, 0.2) is 0 Å². The fourth-order valence-electron chi connectivity index (χ4n) is 1.88. The molecule has 0 aliphatic heterocycles. The predicted molar refractivity (Wildman–Crippen MR) is 87.3 cm³/mol. The number of nitrogens with zero attached hydrogens (tertiary/aromatic N) is 2. The molecule has 0 spiro atoms. The Hall–Kier alpha value is -2.11. The summed E-state index contributed by atoms with van der Waals surface area (Å²) in [4.78, 5) is 18.1. The Balaban J connectivity index is 1.93. The molecule has 0 bridgehead atoms. The van der Waals surface area contributed by atoms with E-state index in [1.54, 1.807) is 36.4 Å². The van der Waals surface area contributed by atoms with Crippen LogP contribution in [0.5, 0.6) is 0 Å². The molecule has 1 atom stereocenters. The summed E-state index contributed by atoms with van der Waals surface area (Å²) in [7, 11) is 3.76. The fraction of sp³-hybridized carbons (Fsp3) is 0.250. The first kappa shape index (κ1) is 16.3. The van der Waals surface area contributed by atoms with Crippen molar-refractivity contribution in [3.05, 3.63) is 58.7 Å². The summed E-state index contributed by atoms with van der Waals surface area (Å²) < 4.78 is 0. The number of hydrogen-bond donors (Lipinski definition) is 2. The Bertz CT molecular complexity index is 627. The molecule has 0 saturated carbocycles. The third-order valence-electron chi connectivity index (χ3n) is 3.18. The van der Waals surface area contributed by atoms with Gasteiger partial charge in [0.25, 0.3) is 5.91 Å². The van der Waals surface area contributed by atoms with Crippen molar-refractivity contribution in [2.75, 3.05) is 25.5 Å². The highest BCUT2D eigenvalue weighted by molar-refractivity contribution is 6.30. The molecule has 116 valence electrons. The molecule has 2 rings (SSSR count). The van der Waals surface area contributed by atoms with Crippen LogP contribution in [0.25, 0.3) is 0 Å². The minimum absolute atomic E-state index is 0.121. The van der Waals surface area contributed by atoms with E-state index in [0.717, 1.165) is 5.82 Å². The van der Waals surface area contributed by atoms with Crippen LogP contribution in [0.15, 0.2) is 42.6 Å². The molecule has 1 aromatic carbocycles. The second-order valence-corrected chi connectivity index (χ2v) is 5.51. The molecule has 2 N–H and O–H groups in total. The average Bonchev–Trinajstić information content (AvgIpc) is 2.53. The molecule has 1 amide bonds. The number of hydrogen-bond acceptors (Lipinski definition) is 4. The van der Waals surface area contributed by atoms with Crippen molar-refractivity contribution >= 4 is 23.3 Å². The highest BCUT2D eigenvalue weighted by Gasteiger charge is 2.11. The topological polar surface area (TPSA) is 65.5 Å². The zero-order valence-electron chi connectivity index (χ0n) is 12.5. The first-order valence-electron chi connectivity index (χ1n) is 6.82. The Morgan fingerprint density at radius 2 is 1.95 bits per heavy atom. The van der Waals surface area contributed by atoms with Crippen LogP contribution in [-0.2, 0) is 0 Å². The van der Waals surface area contributed by atoms with Gasteiger partial charge < -0.3 is 15.3 Å². The van der Waals surface area contributed by atoms with Gasteiger partial charge in [-0.3, -0.25) is 4.79 Å². The molecule has 0 radical (unpaired) electrons. The van der Waals surface area contributed by atoms with Crippen molar-refractivity contribution < 1.29 is 9.90 Å². The van der Waals surface area contributed by atoms with Crippen LogP contribution in [-0.4, -0.2) is 36.6 Å². The molecule has 1 aromatic heterocycles. The molecular weight excluding hydrogens is 302 g/mol. The molecule has 2 aromatic rings. The lowest BCUT2D eigenvalue weighted by Crippen LogP contribution is -2.28. The molecule has 0 saturated heterocycles. The summed E-state index contributed by atoms with van der Waals surface area (Å²) in [6.07, 6.45) is 0.731. The normalized spacial score (nSPS) is 11.8. The molecule has 0 aliphatic carbocycles. The molecule has 0 fully saturated rings. The quantitative estimate of drug-likeness (QED) is 0.887. The van der Waals surface area contributed by atoms with Crippen LogP contribution >= 0.6 is 11.6 Å². The first-order valence-corrected chi connectivity index (χ1v) is 7.20. The van der Waals surface area contributed by atoms with Gasteiger partial charge in [0.1, 0.15) is 5.82 Å². The summed E-state index contributed by atoms with van der Waals surface area (Å²) >= 11 is 5.80. The van der Waals surface area contributed by atoms with Crippen molar-refractivity contribution in [2.24, 2.45) is 0 Å². The third kappa shape index (κ3) is 4.19. The van der Waals surface area contributed by atoms with E-state index in [0.29, 0.717) is 16.1 Å². The number of pyridine rings is 1. The minimum Gasteiger partial charge on any atom is -0.387 e. The molecule has 1 unspecified atom stereocenters. The zero-order valence-corrected chi connectivity index (χ0v) is 13.2. The lowest BCUT2D eigenvalue weighted by Gasteiger charge is -2.13. The van der Waals surface area contributed by atoms with E-state index >= 15 is 0 Å². The lowest BCUT2D eigenvalue weighted by atomic mass is 10.1. The Labute approximate surface area is 134 Å². The fourth-order valence-corrected chi connectivity index (χ4v) is 2.01. The Morgan fingerprint density at radius 3 is 2.50 bits per heavy atom. The number of aromatic nitrogens is 1. The maximum atomic E-state index is 12.0. The van der Waals surface area contributed by atoms with Crippen molar-refractivity contribution in [1.82, 2.24) is 10.3 Å². The molecule has 5 nitrogen and oxygen atoms in total. The van der Waals surface area contributed by atoms with Gasteiger partial charge in [0, 0.05) is 31.9 Å². The SMILES string of the molecule is CN(C)c1ccc(C(=O)NCC(O)c2ccc(Cl)cc2)cn1.